The Balaban J connectivity index is 1.86. The number of hydrogen-bond donors (Lipinski definition) is 0. The van der Waals surface area contributed by atoms with Crippen molar-refractivity contribution in [2.45, 2.75) is 13.1 Å². The summed E-state index contributed by atoms with van der Waals surface area (Å²) in [5.41, 5.74) is 2.69. The second-order valence-corrected chi connectivity index (χ2v) is 4.69. The van der Waals surface area contributed by atoms with Crippen molar-refractivity contribution in [2.24, 2.45) is 0 Å². The van der Waals surface area contributed by atoms with Crippen LogP contribution in [0.25, 0.3) is 0 Å². The van der Waals surface area contributed by atoms with Gasteiger partial charge in [0, 0.05) is 30.5 Å². The minimum Gasteiger partial charge on any atom is -0.330 e. The monoisotopic (exact) mass is 258 g/mol. The molecule has 1 aliphatic heterocycles. The Hall–Kier alpha value is -1.87. The van der Waals surface area contributed by atoms with Gasteiger partial charge in [-0.05, 0) is 23.3 Å². The number of hydrogen-bond acceptors (Lipinski definition) is 2. The van der Waals surface area contributed by atoms with Gasteiger partial charge in [-0.3, -0.25) is 9.78 Å². The first-order chi connectivity index (χ1) is 8.75. The number of pyridine rings is 1. The number of carbonyl (C=O) groups is 1. The zero-order valence-corrected chi connectivity index (χ0v) is 10.4. The summed E-state index contributed by atoms with van der Waals surface area (Å²) in [5.74, 6) is 0.0259. The molecule has 0 radical (unpaired) electrons. The lowest BCUT2D eigenvalue weighted by Crippen LogP contribution is -2.23. The van der Waals surface area contributed by atoms with Gasteiger partial charge in [0.05, 0.1) is 5.56 Å². The fourth-order valence-corrected chi connectivity index (χ4v) is 2.36. The molecule has 1 aromatic heterocycles. The summed E-state index contributed by atoms with van der Waals surface area (Å²) in [4.78, 5) is 17.9. The van der Waals surface area contributed by atoms with Crippen LogP contribution in [0.1, 0.15) is 21.5 Å². The highest BCUT2D eigenvalue weighted by molar-refractivity contribution is 6.31. The van der Waals surface area contributed by atoms with Crippen LogP contribution in [0.2, 0.25) is 5.02 Å². The molecule has 0 atom stereocenters. The molecule has 3 nitrogen and oxygen atoms in total. The number of nitrogens with zero attached hydrogens (tertiary/aromatic N) is 2. The van der Waals surface area contributed by atoms with E-state index in [1.807, 2.05) is 30.3 Å². The van der Waals surface area contributed by atoms with Crippen LogP contribution in [0, 0.1) is 0 Å². The number of fused-ring (bicyclic) bond motifs is 1. The number of aromatic nitrogens is 1. The molecule has 0 bridgehead atoms. The third-order valence-electron chi connectivity index (χ3n) is 3.11. The molecule has 0 saturated carbocycles. The largest absolute Gasteiger partial charge is 0.330 e. The van der Waals surface area contributed by atoms with Gasteiger partial charge < -0.3 is 4.90 Å². The summed E-state index contributed by atoms with van der Waals surface area (Å²) >= 11 is 6.11. The summed E-state index contributed by atoms with van der Waals surface area (Å²) in [6.45, 7) is 1.16. The van der Waals surface area contributed by atoms with Crippen molar-refractivity contribution < 1.29 is 4.79 Å². The number of rotatable bonds is 2. The molecule has 18 heavy (non-hydrogen) atoms. The van der Waals surface area contributed by atoms with E-state index in [9.17, 15) is 4.79 Å². The molecule has 0 aliphatic carbocycles. The van der Waals surface area contributed by atoms with Crippen LogP contribution < -0.4 is 0 Å². The van der Waals surface area contributed by atoms with E-state index in [0.717, 1.165) is 11.1 Å². The molecule has 0 unspecified atom stereocenters. The van der Waals surface area contributed by atoms with Gasteiger partial charge in [0.2, 0.25) is 0 Å². The summed E-state index contributed by atoms with van der Waals surface area (Å²) < 4.78 is 0. The van der Waals surface area contributed by atoms with Gasteiger partial charge in [-0.2, -0.15) is 0 Å². The number of amides is 1. The molecular weight excluding hydrogens is 248 g/mol. The standard InChI is InChI=1S/C14H11ClN2O/c15-13-4-2-1-3-11(13)9-17-8-10-5-6-16-7-12(10)14(17)18/h1-7H,8-9H2. The molecule has 2 aromatic rings. The summed E-state index contributed by atoms with van der Waals surface area (Å²) in [6, 6.07) is 9.48. The first-order valence-corrected chi connectivity index (χ1v) is 6.09. The lowest BCUT2D eigenvalue weighted by atomic mass is 10.2. The van der Waals surface area contributed by atoms with E-state index >= 15 is 0 Å². The summed E-state index contributed by atoms with van der Waals surface area (Å²) in [7, 11) is 0. The molecule has 1 aliphatic rings. The molecule has 0 saturated heterocycles. The Morgan fingerprint density at radius 3 is 2.89 bits per heavy atom. The van der Waals surface area contributed by atoms with Crippen LogP contribution in [0.4, 0.5) is 0 Å². The third kappa shape index (κ3) is 1.87. The van der Waals surface area contributed by atoms with E-state index in [2.05, 4.69) is 4.98 Å². The first-order valence-electron chi connectivity index (χ1n) is 5.71. The summed E-state index contributed by atoms with van der Waals surface area (Å²) in [5, 5.41) is 0.694. The van der Waals surface area contributed by atoms with Crippen molar-refractivity contribution in [1.29, 1.82) is 0 Å². The lowest BCUT2D eigenvalue weighted by molar-refractivity contribution is 0.0766. The number of benzene rings is 1. The maximum absolute atomic E-state index is 12.2. The van der Waals surface area contributed by atoms with Crippen molar-refractivity contribution in [3.8, 4) is 0 Å². The average Bonchev–Trinajstić information content (AvgIpc) is 2.70. The van der Waals surface area contributed by atoms with Crippen molar-refractivity contribution in [3.05, 3.63) is 64.4 Å². The smallest absolute Gasteiger partial charge is 0.256 e. The topological polar surface area (TPSA) is 33.2 Å². The van der Waals surface area contributed by atoms with Gasteiger partial charge >= 0.3 is 0 Å². The first kappa shape index (κ1) is 11.2. The Kier molecular flexibility index (Phi) is 2.76. The maximum atomic E-state index is 12.2. The third-order valence-corrected chi connectivity index (χ3v) is 3.48. The van der Waals surface area contributed by atoms with Gasteiger partial charge in [0.1, 0.15) is 0 Å². The second-order valence-electron chi connectivity index (χ2n) is 4.29. The molecule has 3 rings (SSSR count). The van der Waals surface area contributed by atoms with Crippen LogP contribution in [-0.2, 0) is 13.1 Å². The highest BCUT2D eigenvalue weighted by Gasteiger charge is 2.27. The van der Waals surface area contributed by atoms with Crippen molar-refractivity contribution in [1.82, 2.24) is 9.88 Å². The second kappa shape index (κ2) is 4.42. The SMILES string of the molecule is O=C1c2cnccc2CN1Cc1ccccc1Cl. The van der Waals surface area contributed by atoms with E-state index < -0.39 is 0 Å². The van der Waals surface area contributed by atoms with Crippen LogP contribution >= 0.6 is 11.6 Å². The minimum atomic E-state index is 0.0259. The Morgan fingerprint density at radius 1 is 1.28 bits per heavy atom. The molecule has 1 amide bonds. The quantitative estimate of drug-likeness (QED) is 0.830. The number of halogens is 1. The van der Waals surface area contributed by atoms with Crippen LogP contribution in [-0.4, -0.2) is 15.8 Å². The average molecular weight is 259 g/mol. The van der Waals surface area contributed by atoms with Gasteiger partial charge in [-0.15, -0.1) is 0 Å². The predicted molar refractivity (Wildman–Crippen MR) is 69.3 cm³/mol. The zero-order chi connectivity index (χ0) is 12.5. The molecular formula is C14H11ClN2O. The molecule has 90 valence electrons. The molecule has 2 heterocycles. The van der Waals surface area contributed by atoms with Gasteiger partial charge in [-0.25, -0.2) is 0 Å². The highest BCUT2D eigenvalue weighted by Crippen LogP contribution is 2.25. The Morgan fingerprint density at radius 2 is 2.11 bits per heavy atom. The zero-order valence-electron chi connectivity index (χ0n) is 9.64. The summed E-state index contributed by atoms with van der Waals surface area (Å²) in [6.07, 6.45) is 3.34. The maximum Gasteiger partial charge on any atom is 0.256 e. The van der Waals surface area contributed by atoms with Gasteiger partial charge in [0.25, 0.3) is 5.91 Å². The Labute approximate surface area is 110 Å². The molecule has 0 fully saturated rings. The van der Waals surface area contributed by atoms with Crippen LogP contribution in [0.5, 0.6) is 0 Å². The normalized spacial score (nSPS) is 13.8. The van der Waals surface area contributed by atoms with E-state index in [0.29, 0.717) is 23.7 Å². The minimum absolute atomic E-state index is 0.0259. The van der Waals surface area contributed by atoms with Crippen molar-refractivity contribution in [2.75, 3.05) is 0 Å². The van der Waals surface area contributed by atoms with E-state index in [4.69, 9.17) is 11.6 Å². The molecule has 1 aromatic carbocycles. The molecule has 0 spiro atoms. The van der Waals surface area contributed by atoms with Gasteiger partial charge in [-0.1, -0.05) is 29.8 Å². The Bertz CT molecular complexity index is 612. The number of carbonyl (C=O) groups excluding carboxylic acids is 1. The predicted octanol–water partition coefficient (Wildman–Crippen LogP) is 2.89. The van der Waals surface area contributed by atoms with E-state index in [1.165, 1.54) is 0 Å². The van der Waals surface area contributed by atoms with Crippen molar-refractivity contribution >= 4 is 17.5 Å². The lowest BCUT2D eigenvalue weighted by Gasteiger charge is -2.16. The van der Waals surface area contributed by atoms with Crippen LogP contribution in [0.3, 0.4) is 0 Å². The van der Waals surface area contributed by atoms with Crippen molar-refractivity contribution in [3.63, 3.8) is 0 Å². The van der Waals surface area contributed by atoms with E-state index in [-0.39, 0.29) is 5.91 Å². The molecule has 4 heteroatoms. The highest BCUT2D eigenvalue weighted by atomic mass is 35.5. The fourth-order valence-electron chi connectivity index (χ4n) is 2.16. The van der Waals surface area contributed by atoms with Gasteiger partial charge in [0.15, 0.2) is 0 Å². The fraction of sp³-hybridized carbons (Fsp3) is 0.143. The molecule has 0 N–H and O–H groups in total. The van der Waals surface area contributed by atoms with Crippen LogP contribution in [0.15, 0.2) is 42.7 Å². The van der Waals surface area contributed by atoms with E-state index in [1.54, 1.807) is 17.3 Å².